The van der Waals surface area contributed by atoms with Crippen molar-refractivity contribution in [2.45, 2.75) is 99.0 Å². The minimum Gasteiger partial charge on any atom is -0.297 e. The van der Waals surface area contributed by atoms with Crippen LogP contribution < -0.4 is 0 Å². The summed E-state index contributed by atoms with van der Waals surface area (Å²) in [7, 11) is 0. The number of ketones is 1. The van der Waals surface area contributed by atoms with E-state index in [0.29, 0.717) is 17.7 Å². The van der Waals surface area contributed by atoms with Crippen molar-refractivity contribution >= 4 is 16.8 Å². The first-order chi connectivity index (χ1) is 16.4. The summed E-state index contributed by atoms with van der Waals surface area (Å²) in [6.07, 6.45) is 12.0. The van der Waals surface area contributed by atoms with E-state index in [4.69, 9.17) is 0 Å². The zero-order valence-corrected chi connectivity index (χ0v) is 22.1. The van der Waals surface area contributed by atoms with Crippen molar-refractivity contribution in [1.29, 1.82) is 0 Å². The van der Waals surface area contributed by atoms with E-state index in [1.165, 1.54) is 51.4 Å². The van der Waals surface area contributed by atoms with Crippen LogP contribution in [0.4, 0.5) is 0 Å². The van der Waals surface area contributed by atoms with Gasteiger partial charge in [0.25, 0.3) is 0 Å². The molecule has 4 aliphatic carbocycles. The normalized spacial score (nSPS) is 41.1. The molecule has 4 fully saturated rings. The highest BCUT2D eigenvalue weighted by molar-refractivity contribution is 5.82. The molecule has 4 nitrogen and oxygen atoms in total. The molecule has 8 atom stereocenters. The van der Waals surface area contributed by atoms with Gasteiger partial charge >= 0.3 is 0 Å². The monoisotopic (exact) mass is 463 g/mol. The smallest absolute Gasteiger partial charge is 0.159 e. The lowest BCUT2D eigenvalue weighted by Crippen LogP contribution is -2.53. The Hall–Kier alpha value is -1.71. The molecule has 4 heteroatoms. The Morgan fingerprint density at radius 3 is 2.26 bits per heavy atom. The lowest BCUT2D eigenvalue weighted by atomic mass is 9.44. The average molecular weight is 464 g/mol. The van der Waals surface area contributed by atoms with Crippen molar-refractivity contribution in [3.63, 3.8) is 0 Å². The lowest BCUT2D eigenvalue weighted by molar-refractivity contribution is -0.137. The summed E-state index contributed by atoms with van der Waals surface area (Å²) >= 11 is 0. The second kappa shape index (κ2) is 9.06. The maximum absolute atomic E-state index is 13.5. The summed E-state index contributed by atoms with van der Waals surface area (Å²) in [5, 5.41) is 9.12. The van der Waals surface area contributed by atoms with Gasteiger partial charge in [-0.2, -0.15) is 15.0 Å². The summed E-state index contributed by atoms with van der Waals surface area (Å²) in [6.45, 7) is 11.9. The van der Waals surface area contributed by atoms with Crippen molar-refractivity contribution in [1.82, 2.24) is 15.0 Å². The molecule has 0 saturated heterocycles. The minimum atomic E-state index is 0.177. The molecule has 0 spiro atoms. The summed E-state index contributed by atoms with van der Waals surface area (Å²) < 4.78 is 0. The number of hydrogen-bond acceptors (Lipinski definition) is 3. The van der Waals surface area contributed by atoms with Crippen molar-refractivity contribution in [3.8, 4) is 0 Å². The Morgan fingerprint density at radius 2 is 1.56 bits per heavy atom. The molecule has 6 rings (SSSR count). The third-order valence-electron chi connectivity index (χ3n) is 10.9. The quantitative estimate of drug-likeness (QED) is 0.479. The van der Waals surface area contributed by atoms with Crippen LogP contribution in [0.15, 0.2) is 24.3 Å². The van der Waals surface area contributed by atoms with E-state index in [1.807, 2.05) is 38.1 Å². The first kappa shape index (κ1) is 24.0. The molecule has 2 aromatic rings. The van der Waals surface area contributed by atoms with Gasteiger partial charge < -0.3 is 0 Å². The van der Waals surface area contributed by atoms with Crippen LogP contribution in [-0.2, 0) is 11.3 Å². The molecular weight excluding hydrogens is 418 g/mol. The molecule has 1 aromatic carbocycles. The number of hydrogen-bond donors (Lipinski definition) is 0. The SMILES string of the molecule is CC.CC1CCC2(C)C(CCC3C2CCC2(C)C(C(=O)Cn4nc5ccccc5n4)CCC32)C1. The Morgan fingerprint density at radius 1 is 0.912 bits per heavy atom. The molecule has 1 aromatic heterocycles. The number of benzene rings is 1. The van der Waals surface area contributed by atoms with Gasteiger partial charge in [-0.15, -0.1) is 0 Å². The number of fused-ring (bicyclic) bond motifs is 6. The van der Waals surface area contributed by atoms with Gasteiger partial charge in [0.1, 0.15) is 17.6 Å². The Kier molecular flexibility index (Phi) is 6.40. The molecule has 4 aliphatic rings. The van der Waals surface area contributed by atoms with Crippen molar-refractivity contribution in [2.75, 3.05) is 0 Å². The van der Waals surface area contributed by atoms with E-state index in [1.54, 1.807) is 4.80 Å². The van der Waals surface area contributed by atoms with Crippen LogP contribution in [0, 0.1) is 46.3 Å². The van der Waals surface area contributed by atoms with E-state index < -0.39 is 0 Å². The lowest BCUT2D eigenvalue weighted by Gasteiger charge is -2.61. The van der Waals surface area contributed by atoms with Gasteiger partial charge in [-0.05, 0) is 104 Å². The van der Waals surface area contributed by atoms with Crippen LogP contribution in [0.2, 0.25) is 0 Å². The molecule has 1 heterocycles. The predicted octanol–water partition coefficient (Wildman–Crippen LogP) is 7.32. The Labute approximate surface area is 206 Å². The van der Waals surface area contributed by atoms with Gasteiger partial charge in [0.05, 0.1) is 0 Å². The Balaban J connectivity index is 0.00000117. The molecule has 8 unspecified atom stereocenters. The summed E-state index contributed by atoms with van der Waals surface area (Å²) in [4.78, 5) is 15.2. The van der Waals surface area contributed by atoms with E-state index in [9.17, 15) is 4.79 Å². The summed E-state index contributed by atoms with van der Waals surface area (Å²) in [5.74, 6) is 4.86. The second-order valence-corrected chi connectivity index (χ2v) is 12.4. The van der Waals surface area contributed by atoms with Crippen molar-refractivity contribution < 1.29 is 4.79 Å². The topological polar surface area (TPSA) is 47.8 Å². The van der Waals surface area contributed by atoms with Crippen molar-refractivity contribution in [3.05, 3.63) is 24.3 Å². The fourth-order valence-electron chi connectivity index (χ4n) is 9.23. The summed E-state index contributed by atoms with van der Waals surface area (Å²) in [6, 6.07) is 7.90. The van der Waals surface area contributed by atoms with E-state index in [0.717, 1.165) is 47.0 Å². The van der Waals surface area contributed by atoms with Crippen LogP contribution in [0.25, 0.3) is 11.0 Å². The molecule has 4 saturated carbocycles. The standard InChI is InChI=1S/C28H39N3O.C2H6/c1-18-12-14-27(2)19(16-18)8-9-20-21-10-11-23(28(21,3)15-13-22(20)27)26(32)17-31-29-24-6-4-5-7-25(24)30-31;1-2/h4-7,18-23H,8-17H2,1-3H3;1-2H3. The van der Waals surface area contributed by atoms with Gasteiger partial charge in [0.2, 0.25) is 0 Å². The Bertz CT molecular complexity index is 996. The third-order valence-corrected chi connectivity index (χ3v) is 10.9. The van der Waals surface area contributed by atoms with Crippen LogP contribution >= 0.6 is 0 Å². The number of rotatable bonds is 3. The van der Waals surface area contributed by atoms with Crippen LogP contribution in [0.5, 0.6) is 0 Å². The van der Waals surface area contributed by atoms with E-state index >= 15 is 0 Å². The first-order valence-corrected chi connectivity index (χ1v) is 14.2. The molecule has 186 valence electrons. The highest BCUT2D eigenvalue weighted by atomic mass is 16.1. The first-order valence-electron chi connectivity index (χ1n) is 14.2. The molecule has 34 heavy (non-hydrogen) atoms. The average Bonchev–Trinajstić information content (AvgIpc) is 3.40. The fraction of sp³-hybridized carbons (Fsp3) is 0.767. The predicted molar refractivity (Wildman–Crippen MR) is 138 cm³/mol. The van der Waals surface area contributed by atoms with Crippen LogP contribution in [0.3, 0.4) is 0 Å². The molecule has 0 bridgehead atoms. The van der Waals surface area contributed by atoms with E-state index in [2.05, 4.69) is 31.0 Å². The number of Topliss-reactive ketones (excluding diaryl/α,β-unsaturated/α-hetero) is 1. The molecule has 0 aliphatic heterocycles. The van der Waals surface area contributed by atoms with Gasteiger partial charge in [-0.25, -0.2) is 0 Å². The zero-order chi connectivity index (χ0) is 24.1. The number of carbonyl (C=O) groups excluding carboxylic acids is 1. The van der Waals surface area contributed by atoms with Crippen LogP contribution in [0.1, 0.15) is 92.4 Å². The minimum absolute atomic E-state index is 0.177. The van der Waals surface area contributed by atoms with Gasteiger partial charge in [-0.1, -0.05) is 53.2 Å². The van der Waals surface area contributed by atoms with Gasteiger partial charge in [0, 0.05) is 5.92 Å². The molecule has 0 radical (unpaired) electrons. The molecular formula is C30H45N3O. The second-order valence-electron chi connectivity index (χ2n) is 12.4. The fourth-order valence-corrected chi connectivity index (χ4v) is 9.23. The highest BCUT2D eigenvalue weighted by Crippen LogP contribution is 2.67. The van der Waals surface area contributed by atoms with E-state index in [-0.39, 0.29) is 11.3 Å². The maximum Gasteiger partial charge on any atom is 0.159 e. The zero-order valence-electron chi connectivity index (χ0n) is 22.1. The van der Waals surface area contributed by atoms with Gasteiger partial charge in [0.15, 0.2) is 5.78 Å². The van der Waals surface area contributed by atoms with Crippen molar-refractivity contribution in [2.24, 2.45) is 46.3 Å². The van der Waals surface area contributed by atoms with Crippen LogP contribution in [-0.4, -0.2) is 20.8 Å². The molecule has 0 amide bonds. The molecule has 0 N–H and O–H groups in total. The highest BCUT2D eigenvalue weighted by Gasteiger charge is 2.60. The largest absolute Gasteiger partial charge is 0.297 e. The number of carbonyl (C=O) groups is 1. The number of nitrogens with zero attached hydrogens (tertiary/aromatic N) is 3. The van der Waals surface area contributed by atoms with Gasteiger partial charge in [-0.3, -0.25) is 4.79 Å². The number of aromatic nitrogens is 3. The summed E-state index contributed by atoms with van der Waals surface area (Å²) in [5.41, 5.74) is 2.49. The third kappa shape index (κ3) is 3.75. The maximum atomic E-state index is 13.5.